The van der Waals surface area contributed by atoms with Gasteiger partial charge in [-0.25, -0.2) is 9.19 Å². The Morgan fingerprint density at radius 2 is 1.97 bits per heavy atom. The van der Waals surface area contributed by atoms with E-state index in [1.165, 1.54) is 4.68 Å². The highest BCUT2D eigenvalue weighted by Crippen LogP contribution is 2.39. The number of methoxy groups -OCH3 is 1. The fraction of sp³-hybridized carbons (Fsp3) is 0.435. The number of pyridine rings is 1. The van der Waals surface area contributed by atoms with Crippen LogP contribution in [-0.2, 0) is 22.5 Å². The number of hydrogen-bond donors (Lipinski definition) is 1. The lowest BCUT2D eigenvalue weighted by Gasteiger charge is -2.18. The van der Waals surface area contributed by atoms with Crippen molar-refractivity contribution in [3.05, 3.63) is 42.1 Å². The largest absolute Gasteiger partial charge is 0.481 e. The first-order valence-corrected chi connectivity index (χ1v) is 15.8. The van der Waals surface area contributed by atoms with Gasteiger partial charge in [-0.3, -0.25) is 4.55 Å². The maximum Gasteiger partial charge on any atom is 0.323 e. The van der Waals surface area contributed by atoms with Gasteiger partial charge in [0.1, 0.15) is 12.5 Å². The van der Waals surface area contributed by atoms with Crippen LogP contribution in [0, 0.1) is 0 Å². The monoisotopic (exact) mass is 504 g/mol. The van der Waals surface area contributed by atoms with Crippen molar-refractivity contribution in [2.24, 2.45) is 0 Å². The summed E-state index contributed by atoms with van der Waals surface area (Å²) in [6, 6.07) is 10.6. The normalized spacial score (nSPS) is 12.7. The van der Waals surface area contributed by atoms with Gasteiger partial charge in [-0.05, 0) is 29.2 Å². The Morgan fingerprint density at radius 3 is 2.62 bits per heavy atom. The first kappa shape index (κ1) is 26.0. The Bertz CT molecular complexity index is 1150. The summed E-state index contributed by atoms with van der Waals surface area (Å²) in [5.74, 6) is 1.21. The van der Waals surface area contributed by atoms with Crippen LogP contribution in [0.5, 0.6) is 17.6 Å². The van der Waals surface area contributed by atoms with Crippen LogP contribution >= 0.6 is 0 Å². The maximum absolute atomic E-state index is 11.7. The van der Waals surface area contributed by atoms with E-state index >= 15 is 0 Å². The second-order valence-electron chi connectivity index (χ2n) is 9.34. The van der Waals surface area contributed by atoms with E-state index in [-0.39, 0.29) is 23.8 Å². The van der Waals surface area contributed by atoms with E-state index in [0.717, 1.165) is 22.7 Å². The van der Waals surface area contributed by atoms with E-state index in [4.69, 9.17) is 14.2 Å². The van der Waals surface area contributed by atoms with Gasteiger partial charge in [0.25, 0.3) is 5.16 Å². The first-order chi connectivity index (χ1) is 16.1. The molecule has 1 atom stereocenters. The smallest absolute Gasteiger partial charge is 0.323 e. The third kappa shape index (κ3) is 6.72. The third-order valence-corrected chi connectivity index (χ3v) is 7.29. The van der Waals surface area contributed by atoms with E-state index in [1.807, 2.05) is 30.3 Å². The molecule has 1 unspecified atom stereocenters. The molecule has 0 aliphatic heterocycles. The molecule has 0 bridgehead atoms. The Morgan fingerprint density at radius 1 is 1.21 bits per heavy atom. The molecule has 1 aromatic carbocycles. The predicted molar refractivity (Wildman–Crippen MR) is 134 cm³/mol. The predicted octanol–water partition coefficient (Wildman–Crippen LogP) is 5.16. The van der Waals surface area contributed by atoms with Crippen LogP contribution in [0.25, 0.3) is 11.1 Å². The number of aromatic nitrogens is 4. The summed E-state index contributed by atoms with van der Waals surface area (Å²) in [5.41, 5.74) is 2.62. The van der Waals surface area contributed by atoms with Crippen molar-refractivity contribution in [3.8, 4) is 28.8 Å². The summed E-state index contributed by atoms with van der Waals surface area (Å²) >= 11 is -2.35. The zero-order chi connectivity index (χ0) is 24.9. The van der Waals surface area contributed by atoms with Gasteiger partial charge >= 0.3 is 6.01 Å². The second-order valence-corrected chi connectivity index (χ2v) is 15.8. The summed E-state index contributed by atoms with van der Waals surface area (Å²) in [6.07, 6.45) is 1.67. The van der Waals surface area contributed by atoms with Crippen molar-refractivity contribution in [2.75, 3.05) is 13.7 Å². The Labute approximate surface area is 203 Å². The molecule has 1 N–H and O–H groups in total. The molecule has 34 heavy (non-hydrogen) atoms. The molecule has 9 nitrogen and oxygen atoms in total. The summed E-state index contributed by atoms with van der Waals surface area (Å²) in [6.45, 7) is 11.6. The van der Waals surface area contributed by atoms with Gasteiger partial charge < -0.3 is 14.2 Å². The molecule has 184 valence electrons. The zero-order valence-electron chi connectivity index (χ0n) is 20.4. The lowest BCUT2D eigenvalue weighted by Crippen LogP contribution is -2.22. The van der Waals surface area contributed by atoms with Gasteiger partial charge in [0.15, 0.2) is 0 Å². The molecule has 3 aromatic rings. The van der Waals surface area contributed by atoms with Gasteiger partial charge in [-0.15, -0.1) is 5.10 Å². The highest BCUT2D eigenvalue weighted by molar-refractivity contribution is 7.79. The molecule has 0 aliphatic rings. The van der Waals surface area contributed by atoms with Crippen LogP contribution in [0.4, 0.5) is 0 Å². The molecule has 0 saturated heterocycles. The van der Waals surface area contributed by atoms with Crippen molar-refractivity contribution in [2.45, 2.75) is 57.3 Å². The molecular formula is C23H32N4O5SSi. The van der Waals surface area contributed by atoms with Gasteiger partial charge in [0.05, 0.1) is 7.11 Å². The van der Waals surface area contributed by atoms with Crippen LogP contribution in [0.15, 0.2) is 41.7 Å². The number of hydrogen-bond acceptors (Lipinski definition) is 7. The van der Waals surface area contributed by atoms with Crippen LogP contribution in [-0.4, -0.2) is 50.3 Å². The van der Waals surface area contributed by atoms with Crippen LogP contribution in [0.3, 0.4) is 0 Å². The topological polar surface area (TPSA) is 109 Å². The van der Waals surface area contributed by atoms with Gasteiger partial charge in [0.2, 0.25) is 17.0 Å². The lowest BCUT2D eigenvalue weighted by molar-refractivity contribution is 0.0723. The van der Waals surface area contributed by atoms with Crippen molar-refractivity contribution < 1.29 is 23.0 Å². The maximum atomic E-state index is 11.7. The molecule has 0 saturated carbocycles. The highest BCUT2D eigenvalue weighted by Gasteiger charge is 2.21. The molecule has 0 radical (unpaired) electrons. The molecule has 2 heterocycles. The molecule has 0 spiro atoms. The number of ether oxygens (including phenoxy) is 3. The minimum absolute atomic E-state index is 0.0618. The number of para-hydroxylation sites is 1. The fourth-order valence-corrected chi connectivity index (χ4v) is 4.28. The summed E-state index contributed by atoms with van der Waals surface area (Å²) < 4.78 is 40.0. The zero-order valence-corrected chi connectivity index (χ0v) is 22.3. The average Bonchev–Trinajstić information content (AvgIpc) is 3.19. The molecule has 0 fully saturated rings. The molecule has 3 rings (SSSR count). The summed E-state index contributed by atoms with van der Waals surface area (Å²) in [4.78, 5) is 8.36. The molecular weight excluding hydrogens is 472 g/mol. The molecule has 0 aliphatic carbocycles. The van der Waals surface area contributed by atoms with Crippen molar-refractivity contribution in [1.82, 2.24) is 19.7 Å². The minimum Gasteiger partial charge on any atom is -0.481 e. The second kappa shape index (κ2) is 11.2. The molecule has 11 heteroatoms. The number of rotatable bonds is 11. The highest BCUT2D eigenvalue weighted by atomic mass is 32.2. The number of benzene rings is 1. The fourth-order valence-electron chi connectivity index (χ4n) is 3.20. The summed E-state index contributed by atoms with van der Waals surface area (Å²) in [5, 5.41) is 3.89. The van der Waals surface area contributed by atoms with Crippen molar-refractivity contribution in [1.29, 1.82) is 0 Å². The van der Waals surface area contributed by atoms with E-state index in [9.17, 15) is 8.76 Å². The van der Waals surface area contributed by atoms with Crippen LogP contribution in [0.1, 0.15) is 25.3 Å². The minimum atomic E-state index is -2.35. The molecule has 0 amide bonds. The SMILES string of the molecule is COc1cc(-c2cccc(C(C)C)c2Oc2nc(S(=O)O)nn2COCC[Si](C)(C)C)ccn1. The Kier molecular flexibility index (Phi) is 8.58. The van der Waals surface area contributed by atoms with Gasteiger partial charge in [0, 0.05) is 32.5 Å². The molecule has 2 aromatic heterocycles. The van der Waals surface area contributed by atoms with E-state index in [1.54, 1.807) is 13.3 Å². The van der Waals surface area contributed by atoms with Gasteiger partial charge in [-0.2, -0.15) is 9.67 Å². The first-order valence-electron chi connectivity index (χ1n) is 11.0. The van der Waals surface area contributed by atoms with Gasteiger partial charge in [-0.1, -0.05) is 51.7 Å². The Balaban J connectivity index is 2.00. The van der Waals surface area contributed by atoms with Crippen molar-refractivity contribution >= 4 is 19.2 Å². The third-order valence-electron chi connectivity index (χ3n) is 5.10. The van der Waals surface area contributed by atoms with E-state index in [0.29, 0.717) is 18.2 Å². The van der Waals surface area contributed by atoms with E-state index < -0.39 is 19.2 Å². The van der Waals surface area contributed by atoms with Crippen LogP contribution < -0.4 is 9.47 Å². The van der Waals surface area contributed by atoms with Crippen LogP contribution in [0.2, 0.25) is 25.7 Å². The van der Waals surface area contributed by atoms with E-state index in [2.05, 4.69) is 48.6 Å². The quantitative estimate of drug-likeness (QED) is 0.217. The Hall–Kier alpha value is -2.60. The van der Waals surface area contributed by atoms with Crippen molar-refractivity contribution in [3.63, 3.8) is 0 Å². The standard InChI is InChI=1S/C23H32N4O5SSi/c1-16(2)18-8-7-9-19(17-10-11-24-20(14-17)30-3)21(18)32-23-25-22(33(28)29)26-27(23)15-31-12-13-34(4,5)6/h7-11,14,16H,12-13,15H2,1-6H3,(H,28,29). The average molecular weight is 505 g/mol. The number of nitrogens with zero attached hydrogens (tertiary/aromatic N) is 4. The lowest BCUT2D eigenvalue weighted by atomic mass is 9.96. The summed E-state index contributed by atoms with van der Waals surface area (Å²) in [7, 11) is 0.304.